The normalized spacial score (nSPS) is 13.4. The van der Waals surface area contributed by atoms with Crippen LogP contribution in [0.25, 0.3) is 6.08 Å². The SMILES string of the molecule is O=C(CCN1C(=O)COc2ccccc21)OC/C=C/c1ccccc1. The summed E-state index contributed by atoms with van der Waals surface area (Å²) in [6, 6.07) is 17.1. The molecule has 0 atom stereocenters. The largest absolute Gasteiger partial charge is 0.482 e. The van der Waals surface area contributed by atoms with E-state index in [1.54, 1.807) is 17.0 Å². The van der Waals surface area contributed by atoms with E-state index in [1.807, 2.05) is 54.6 Å². The molecule has 3 rings (SSSR count). The number of amides is 1. The van der Waals surface area contributed by atoms with E-state index < -0.39 is 0 Å². The molecule has 0 aliphatic carbocycles. The number of rotatable bonds is 6. The van der Waals surface area contributed by atoms with Crippen LogP contribution < -0.4 is 9.64 Å². The Morgan fingerprint density at radius 1 is 1.12 bits per heavy atom. The van der Waals surface area contributed by atoms with Crippen molar-refractivity contribution in [3.63, 3.8) is 0 Å². The van der Waals surface area contributed by atoms with Gasteiger partial charge in [-0.2, -0.15) is 0 Å². The summed E-state index contributed by atoms with van der Waals surface area (Å²) in [4.78, 5) is 25.5. The fraction of sp³-hybridized carbons (Fsp3) is 0.200. The number of hydrogen-bond donors (Lipinski definition) is 0. The van der Waals surface area contributed by atoms with Crippen LogP contribution >= 0.6 is 0 Å². The molecular weight excluding hydrogens is 318 g/mol. The molecule has 1 heterocycles. The van der Waals surface area contributed by atoms with E-state index in [0.717, 1.165) is 5.56 Å². The number of fused-ring (bicyclic) bond motifs is 1. The van der Waals surface area contributed by atoms with Gasteiger partial charge in [0.2, 0.25) is 0 Å². The molecule has 0 saturated carbocycles. The number of carbonyl (C=O) groups is 2. The lowest BCUT2D eigenvalue weighted by atomic mass is 10.2. The van der Waals surface area contributed by atoms with E-state index in [-0.39, 0.29) is 38.1 Å². The number of nitrogens with zero attached hydrogens (tertiary/aromatic N) is 1. The second-order valence-electron chi connectivity index (χ2n) is 5.55. The van der Waals surface area contributed by atoms with Crippen molar-refractivity contribution in [3.05, 3.63) is 66.2 Å². The van der Waals surface area contributed by atoms with Gasteiger partial charge in [-0.3, -0.25) is 9.59 Å². The number of anilines is 1. The summed E-state index contributed by atoms with van der Waals surface area (Å²) < 4.78 is 10.6. The summed E-state index contributed by atoms with van der Waals surface area (Å²) in [7, 11) is 0. The maximum atomic E-state index is 12.0. The van der Waals surface area contributed by atoms with Gasteiger partial charge in [-0.1, -0.05) is 48.5 Å². The van der Waals surface area contributed by atoms with Crippen LogP contribution in [0.1, 0.15) is 12.0 Å². The maximum Gasteiger partial charge on any atom is 0.307 e. The number of ether oxygens (including phenoxy) is 2. The van der Waals surface area contributed by atoms with Crippen LogP contribution in [0.2, 0.25) is 0 Å². The fourth-order valence-corrected chi connectivity index (χ4v) is 2.56. The average molecular weight is 337 g/mol. The average Bonchev–Trinajstić information content (AvgIpc) is 2.65. The highest BCUT2D eigenvalue weighted by Crippen LogP contribution is 2.31. The molecule has 0 fully saturated rings. The molecule has 1 amide bonds. The van der Waals surface area contributed by atoms with Gasteiger partial charge in [0.1, 0.15) is 12.4 Å². The lowest BCUT2D eigenvalue weighted by Crippen LogP contribution is -2.40. The molecule has 5 nitrogen and oxygen atoms in total. The molecule has 0 spiro atoms. The second kappa shape index (κ2) is 8.15. The van der Waals surface area contributed by atoms with Crippen LogP contribution in [0, 0.1) is 0 Å². The molecule has 2 aromatic carbocycles. The predicted octanol–water partition coefficient (Wildman–Crippen LogP) is 3.06. The Labute approximate surface area is 146 Å². The van der Waals surface area contributed by atoms with Crippen LogP contribution in [0.4, 0.5) is 5.69 Å². The second-order valence-corrected chi connectivity index (χ2v) is 5.55. The molecule has 1 aliphatic heterocycles. The number of carbonyl (C=O) groups excluding carboxylic acids is 2. The third kappa shape index (κ3) is 4.47. The lowest BCUT2D eigenvalue weighted by molar-refractivity contribution is -0.142. The Bertz CT molecular complexity index is 770. The van der Waals surface area contributed by atoms with E-state index in [9.17, 15) is 9.59 Å². The Hall–Kier alpha value is -3.08. The molecule has 1 aliphatic rings. The smallest absolute Gasteiger partial charge is 0.307 e. The highest BCUT2D eigenvalue weighted by molar-refractivity contribution is 5.98. The fourth-order valence-electron chi connectivity index (χ4n) is 2.56. The molecule has 0 saturated heterocycles. The van der Waals surface area contributed by atoms with Gasteiger partial charge in [0.05, 0.1) is 12.1 Å². The minimum absolute atomic E-state index is 0.00806. The van der Waals surface area contributed by atoms with E-state index in [2.05, 4.69) is 0 Å². The zero-order valence-electron chi connectivity index (χ0n) is 13.8. The first kappa shape index (κ1) is 16.8. The minimum atomic E-state index is -0.338. The first-order chi connectivity index (χ1) is 12.2. The van der Waals surface area contributed by atoms with Crippen LogP contribution in [-0.4, -0.2) is 31.6 Å². The van der Waals surface area contributed by atoms with Gasteiger partial charge < -0.3 is 14.4 Å². The number of benzene rings is 2. The van der Waals surface area contributed by atoms with Crippen molar-refractivity contribution in [2.75, 3.05) is 24.7 Å². The minimum Gasteiger partial charge on any atom is -0.482 e. The van der Waals surface area contributed by atoms with Gasteiger partial charge in [0.25, 0.3) is 5.91 Å². The van der Waals surface area contributed by atoms with Crippen molar-refractivity contribution in [1.29, 1.82) is 0 Å². The van der Waals surface area contributed by atoms with Crippen LogP contribution in [0.3, 0.4) is 0 Å². The third-order valence-corrected chi connectivity index (χ3v) is 3.80. The first-order valence-corrected chi connectivity index (χ1v) is 8.13. The first-order valence-electron chi connectivity index (χ1n) is 8.13. The maximum absolute atomic E-state index is 12.0. The Balaban J connectivity index is 1.48. The summed E-state index contributed by atoms with van der Waals surface area (Å²) in [6.45, 7) is 0.480. The summed E-state index contributed by atoms with van der Waals surface area (Å²) in [5.41, 5.74) is 1.74. The van der Waals surface area contributed by atoms with Gasteiger partial charge >= 0.3 is 5.97 Å². The predicted molar refractivity (Wildman–Crippen MR) is 95.3 cm³/mol. The number of esters is 1. The van der Waals surface area contributed by atoms with E-state index >= 15 is 0 Å². The van der Waals surface area contributed by atoms with Crippen LogP contribution in [0.15, 0.2) is 60.7 Å². The number of para-hydroxylation sites is 2. The standard InChI is InChI=1S/C20H19NO4/c22-19-15-25-18-11-5-4-10-17(18)21(19)13-12-20(23)24-14-6-9-16-7-2-1-3-8-16/h1-11H,12-15H2/b9-6+. The van der Waals surface area contributed by atoms with Gasteiger partial charge in [-0.25, -0.2) is 0 Å². The van der Waals surface area contributed by atoms with Crippen molar-refractivity contribution in [2.24, 2.45) is 0 Å². The Morgan fingerprint density at radius 3 is 2.72 bits per heavy atom. The molecule has 128 valence electrons. The van der Waals surface area contributed by atoms with Gasteiger partial charge in [0, 0.05) is 6.54 Å². The highest BCUT2D eigenvalue weighted by atomic mass is 16.5. The molecule has 0 unspecified atom stereocenters. The topological polar surface area (TPSA) is 55.8 Å². The summed E-state index contributed by atoms with van der Waals surface area (Å²) in [5, 5.41) is 0. The van der Waals surface area contributed by atoms with Crippen LogP contribution in [0.5, 0.6) is 5.75 Å². The van der Waals surface area contributed by atoms with Gasteiger partial charge in [-0.05, 0) is 23.8 Å². The van der Waals surface area contributed by atoms with Crippen molar-refractivity contribution >= 4 is 23.6 Å². The quantitative estimate of drug-likeness (QED) is 0.760. The monoisotopic (exact) mass is 337 g/mol. The lowest BCUT2D eigenvalue weighted by Gasteiger charge is -2.28. The highest BCUT2D eigenvalue weighted by Gasteiger charge is 2.25. The van der Waals surface area contributed by atoms with Crippen molar-refractivity contribution in [3.8, 4) is 5.75 Å². The molecule has 5 heteroatoms. The summed E-state index contributed by atoms with van der Waals surface area (Å²) >= 11 is 0. The summed E-state index contributed by atoms with van der Waals surface area (Å²) in [5.74, 6) is 0.159. The molecule has 0 radical (unpaired) electrons. The molecule has 0 N–H and O–H groups in total. The Morgan fingerprint density at radius 2 is 1.88 bits per heavy atom. The molecule has 2 aromatic rings. The summed E-state index contributed by atoms with van der Waals surface area (Å²) in [6.07, 6.45) is 3.83. The zero-order chi connectivity index (χ0) is 17.5. The van der Waals surface area contributed by atoms with Crippen molar-refractivity contribution < 1.29 is 19.1 Å². The third-order valence-electron chi connectivity index (χ3n) is 3.80. The molecular formula is C20H19NO4. The molecule has 0 aromatic heterocycles. The van der Waals surface area contributed by atoms with Gasteiger partial charge in [0.15, 0.2) is 6.61 Å². The van der Waals surface area contributed by atoms with Crippen LogP contribution in [-0.2, 0) is 14.3 Å². The van der Waals surface area contributed by atoms with Crippen molar-refractivity contribution in [2.45, 2.75) is 6.42 Å². The number of hydrogen-bond acceptors (Lipinski definition) is 4. The van der Waals surface area contributed by atoms with E-state index in [0.29, 0.717) is 11.4 Å². The Kier molecular flexibility index (Phi) is 5.46. The zero-order valence-corrected chi connectivity index (χ0v) is 13.8. The molecule has 25 heavy (non-hydrogen) atoms. The van der Waals surface area contributed by atoms with Crippen molar-refractivity contribution in [1.82, 2.24) is 0 Å². The molecule has 0 bridgehead atoms. The van der Waals surface area contributed by atoms with E-state index in [1.165, 1.54) is 0 Å². The van der Waals surface area contributed by atoms with Gasteiger partial charge in [-0.15, -0.1) is 0 Å². The van der Waals surface area contributed by atoms with E-state index in [4.69, 9.17) is 9.47 Å².